The van der Waals surface area contributed by atoms with Crippen molar-refractivity contribution in [1.29, 1.82) is 0 Å². The topological polar surface area (TPSA) is 50.4 Å². The molecule has 1 aromatic rings. The van der Waals surface area contributed by atoms with Crippen LogP contribution in [0.2, 0.25) is 0 Å². The molecule has 4 rings (SSSR count). The minimum absolute atomic E-state index is 0.132. The summed E-state index contributed by atoms with van der Waals surface area (Å²) in [4.78, 5) is 12.1. The molecule has 3 aliphatic rings. The highest BCUT2D eigenvalue weighted by Gasteiger charge is 2.62. The SMILES string of the molecule is C[C@]12CCC[C@](C)(C(=O)O)[C@@H]1CC[C@@]1(C)c3cocc3CC[C@H]21. The fourth-order valence-electron chi connectivity index (χ4n) is 6.87. The molecule has 126 valence electrons. The molecule has 1 heterocycles. The van der Waals surface area contributed by atoms with Gasteiger partial charge in [0, 0.05) is 0 Å². The van der Waals surface area contributed by atoms with E-state index >= 15 is 0 Å². The molecular weight excluding hydrogens is 288 g/mol. The van der Waals surface area contributed by atoms with E-state index in [1.807, 2.05) is 19.5 Å². The lowest BCUT2D eigenvalue weighted by Gasteiger charge is -2.63. The average molecular weight is 316 g/mol. The lowest BCUT2D eigenvalue weighted by molar-refractivity contribution is -0.172. The molecule has 2 saturated carbocycles. The van der Waals surface area contributed by atoms with Crippen molar-refractivity contribution in [2.45, 2.75) is 71.1 Å². The maximum atomic E-state index is 12.1. The molecule has 3 heteroatoms. The number of carbonyl (C=O) groups is 1. The first-order chi connectivity index (χ1) is 10.8. The van der Waals surface area contributed by atoms with Gasteiger partial charge in [-0.05, 0) is 79.2 Å². The van der Waals surface area contributed by atoms with E-state index in [-0.39, 0.29) is 10.8 Å². The van der Waals surface area contributed by atoms with Crippen molar-refractivity contribution in [2.75, 3.05) is 0 Å². The van der Waals surface area contributed by atoms with E-state index in [1.54, 1.807) is 0 Å². The molecule has 2 fully saturated rings. The van der Waals surface area contributed by atoms with Gasteiger partial charge in [-0.1, -0.05) is 20.3 Å². The van der Waals surface area contributed by atoms with Crippen molar-refractivity contribution < 1.29 is 14.3 Å². The summed E-state index contributed by atoms with van der Waals surface area (Å²) in [5.74, 6) is 0.280. The van der Waals surface area contributed by atoms with E-state index in [4.69, 9.17) is 4.42 Å². The second kappa shape index (κ2) is 4.64. The summed E-state index contributed by atoms with van der Waals surface area (Å²) >= 11 is 0. The average Bonchev–Trinajstić information content (AvgIpc) is 2.96. The molecule has 1 N–H and O–H groups in total. The minimum atomic E-state index is -0.586. The number of carboxylic acid groups (broad SMARTS) is 1. The number of aryl methyl sites for hydroxylation is 1. The third-order valence-electron chi connectivity index (χ3n) is 8.04. The molecule has 0 saturated heterocycles. The summed E-state index contributed by atoms with van der Waals surface area (Å²) in [6.45, 7) is 6.80. The summed E-state index contributed by atoms with van der Waals surface area (Å²) in [5.41, 5.74) is 2.51. The van der Waals surface area contributed by atoms with Crippen molar-refractivity contribution in [3.8, 4) is 0 Å². The Balaban J connectivity index is 1.80. The zero-order valence-electron chi connectivity index (χ0n) is 14.5. The Kier molecular flexibility index (Phi) is 3.09. The molecule has 5 atom stereocenters. The summed E-state index contributed by atoms with van der Waals surface area (Å²) in [5, 5.41) is 9.92. The molecule has 3 nitrogen and oxygen atoms in total. The van der Waals surface area contributed by atoms with E-state index in [1.165, 1.54) is 24.0 Å². The number of hydrogen-bond donors (Lipinski definition) is 1. The molecule has 0 aromatic carbocycles. The van der Waals surface area contributed by atoms with Crippen LogP contribution in [0.25, 0.3) is 0 Å². The molecular formula is C20H28O3. The number of hydrogen-bond acceptors (Lipinski definition) is 2. The highest BCUT2D eigenvalue weighted by Crippen LogP contribution is 2.66. The van der Waals surface area contributed by atoms with Crippen LogP contribution in [0.5, 0.6) is 0 Å². The van der Waals surface area contributed by atoms with E-state index < -0.39 is 11.4 Å². The Morgan fingerprint density at radius 3 is 2.65 bits per heavy atom. The smallest absolute Gasteiger partial charge is 0.309 e. The molecule has 0 spiro atoms. The molecule has 23 heavy (non-hydrogen) atoms. The van der Waals surface area contributed by atoms with E-state index in [0.29, 0.717) is 11.8 Å². The standard InChI is InChI=1S/C20H28O3/c1-18-10-7-16-19(2,8-4-9-20(16,3)17(21)22)15(18)6-5-13-11-23-12-14(13)18/h11-12,15-16H,4-10H2,1-3H3,(H,21,22)/t15-,16+,18-,19+,20-/m0/s1. The zero-order valence-corrected chi connectivity index (χ0v) is 14.5. The van der Waals surface area contributed by atoms with Gasteiger partial charge in [0.05, 0.1) is 17.9 Å². The zero-order chi connectivity index (χ0) is 16.5. The Hall–Kier alpha value is -1.25. The second-order valence-corrected chi connectivity index (χ2v) is 8.99. The molecule has 0 bridgehead atoms. The van der Waals surface area contributed by atoms with Gasteiger partial charge in [-0.2, -0.15) is 0 Å². The molecule has 1 aromatic heterocycles. The Morgan fingerprint density at radius 2 is 1.91 bits per heavy atom. The number of furan rings is 1. The van der Waals surface area contributed by atoms with Crippen molar-refractivity contribution in [2.24, 2.45) is 22.7 Å². The van der Waals surface area contributed by atoms with E-state index in [0.717, 1.165) is 32.1 Å². The molecule has 3 aliphatic carbocycles. The predicted molar refractivity (Wildman–Crippen MR) is 88.3 cm³/mol. The van der Waals surface area contributed by atoms with Crippen LogP contribution in [-0.2, 0) is 16.6 Å². The third kappa shape index (κ3) is 1.79. The molecule has 0 unspecified atom stereocenters. The maximum absolute atomic E-state index is 12.1. The van der Waals surface area contributed by atoms with Crippen molar-refractivity contribution in [3.63, 3.8) is 0 Å². The Morgan fingerprint density at radius 1 is 1.13 bits per heavy atom. The van der Waals surface area contributed by atoms with Crippen molar-refractivity contribution >= 4 is 5.97 Å². The molecule has 0 amide bonds. The quantitative estimate of drug-likeness (QED) is 0.810. The summed E-state index contributed by atoms with van der Waals surface area (Å²) in [7, 11) is 0. The van der Waals surface area contributed by atoms with Gasteiger partial charge in [0.15, 0.2) is 0 Å². The third-order valence-corrected chi connectivity index (χ3v) is 8.04. The normalized spacial score (nSPS) is 45.7. The summed E-state index contributed by atoms with van der Waals surface area (Å²) in [6.07, 6.45) is 11.3. The van der Waals surface area contributed by atoms with Crippen LogP contribution in [0, 0.1) is 22.7 Å². The van der Waals surface area contributed by atoms with Gasteiger partial charge in [-0.15, -0.1) is 0 Å². The number of carboxylic acids is 1. The van der Waals surface area contributed by atoms with Gasteiger partial charge < -0.3 is 9.52 Å². The van der Waals surface area contributed by atoms with Crippen LogP contribution < -0.4 is 0 Å². The van der Waals surface area contributed by atoms with Gasteiger partial charge in [0.25, 0.3) is 0 Å². The van der Waals surface area contributed by atoms with Crippen molar-refractivity contribution in [1.82, 2.24) is 0 Å². The lowest BCUT2D eigenvalue weighted by atomic mass is 9.40. The van der Waals surface area contributed by atoms with Gasteiger partial charge in [-0.3, -0.25) is 4.79 Å². The monoisotopic (exact) mass is 316 g/mol. The van der Waals surface area contributed by atoms with Gasteiger partial charge in [0.1, 0.15) is 0 Å². The van der Waals surface area contributed by atoms with Gasteiger partial charge >= 0.3 is 5.97 Å². The van der Waals surface area contributed by atoms with Crippen molar-refractivity contribution in [3.05, 3.63) is 23.7 Å². The predicted octanol–water partition coefficient (Wildman–Crippen LogP) is 4.79. The molecule has 0 radical (unpaired) electrons. The first-order valence-electron chi connectivity index (χ1n) is 9.11. The van der Waals surface area contributed by atoms with Crippen LogP contribution in [-0.4, -0.2) is 11.1 Å². The number of aliphatic carboxylic acids is 1. The van der Waals surface area contributed by atoms with Gasteiger partial charge in [-0.25, -0.2) is 0 Å². The van der Waals surface area contributed by atoms with Crippen LogP contribution in [0.4, 0.5) is 0 Å². The van der Waals surface area contributed by atoms with Crippen LogP contribution in [0.3, 0.4) is 0 Å². The van der Waals surface area contributed by atoms with E-state index in [9.17, 15) is 9.90 Å². The Labute approximate surface area is 138 Å². The second-order valence-electron chi connectivity index (χ2n) is 8.99. The Bertz CT molecular complexity index is 647. The lowest BCUT2D eigenvalue weighted by Crippen LogP contribution is -2.59. The highest BCUT2D eigenvalue weighted by molar-refractivity contribution is 5.75. The highest BCUT2D eigenvalue weighted by atomic mass is 16.4. The largest absolute Gasteiger partial charge is 0.481 e. The first-order valence-corrected chi connectivity index (χ1v) is 9.11. The van der Waals surface area contributed by atoms with E-state index in [2.05, 4.69) is 13.8 Å². The minimum Gasteiger partial charge on any atom is -0.481 e. The van der Waals surface area contributed by atoms with Gasteiger partial charge in [0.2, 0.25) is 0 Å². The number of fused-ring (bicyclic) bond motifs is 5. The fourth-order valence-corrected chi connectivity index (χ4v) is 6.87. The van der Waals surface area contributed by atoms with Crippen LogP contribution in [0.15, 0.2) is 16.9 Å². The summed E-state index contributed by atoms with van der Waals surface area (Å²) in [6, 6.07) is 0. The first kappa shape index (κ1) is 15.3. The molecule has 0 aliphatic heterocycles. The number of rotatable bonds is 1. The fraction of sp³-hybridized carbons (Fsp3) is 0.750. The van der Waals surface area contributed by atoms with Crippen LogP contribution >= 0.6 is 0 Å². The van der Waals surface area contributed by atoms with Crippen LogP contribution in [0.1, 0.15) is 70.4 Å². The maximum Gasteiger partial charge on any atom is 0.309 e. The summed E-state index contributed by atoms with van der Waals surface area (Å²) < 4.78 is 5.54.